The number of benzene rings is 1. The highest BCUT2D eigenvalue weighted by Crippen LogP contribution is 2.28. The molecular formula is C20H30N2O3. The number of amides is 2. The highest BCUT2D eigenvalue weighted by molar-refractivity contribution is 5.75. The van der Waals surface area contributed by atoms with Gasteiger partial charge in [-0.1, -0.05) is 30.3 Å². The molecule has 0 aromatic heterocycles. The Morgan fingerprint density at radius 1 is 1.16 bits per heavy atom. The van der Waals surface area contributed by atoms with Crippen LogP contribution in [-0.2, 0) is 9.47 Å². The minimum atomic E-state index is 0.0166. The molecule has 2 amide bonds. The first-order valence-corrected chi connectivity index (χ1v) is 9.45. The maximum Gasteiger partial charge on any atom is 0.318 e. The van der Waals surface area contributed by atoms with Crippen LogP contribution in [0.2, 0.25) is 0 Å². The van der Waals surface area contributed by atoms with Gasteiger partial charge in [0.1, 0.15) is 0 Å². The van der Waals surface area contributed by atoms with Gasteiger partial charge in [0.05, 0.1) is 18.2 Å². The maximum atomic E-state index is 12.8. The van der Waals surface area contributed by atoms with Gasteiger partial charge < -0.3 is 19.7 Å². The summed E-state index contributed by atoms with van der Waals surface area (Å²) in [6, 6.07) is 10.4. The highest BCUT2D eigenvalue weighted by Gasteiger charge is 2.28. The highest BCUT2D eigenvalue weighted by atomic mass is 16.5. The molecule has 5 nitrogen and oxygen atoms in total. The molecule has 25 heavy (non-hydrogen) atoms. The van der Waals surface area contributed by atoms with Gasteiger partial charge in [-0.2, -0.15) is 0 Å². The maximum absolute atomic E-state index is 12.8. The smallest absolute Gasteiger partial charge is 0.318 e. The SMILES string of the molecule is C[C@@H]1CN(C(=O)NC(CC2CCOCC2)c2ccccc2)C[C@H](C)O1. The summed E-state index contributed by atoms with van der Waals surface area (Å²) in [4.78, 5) is 14.7. The monoisotopic (exact) mass is 346 g/mol. The quantitative estimate of drug-likeness (QED) is 0.909. The van der Waals surface area contributed by atoms with E-state index >= 15 is 0 Å². The van der Waals surface area contributed by atoms with E-state index in [4.69, 9.17) is 9.47 Å². The van der Waals surface area contributed by atoms with Gasteiger partial charge in [-0.3, -0.25) is 0 Å². The number of hydrogen-bond acceptors (Lipinski definition) is 3. The van der Waals surface area contributed by atoms with Gasteiger partial charge in [-0.05, 0) is 44.6 Å². The van der Waals surface area contributed by atoms with Crippen molar-refractivity contribution in [1.29, 1.82) is 0 Å². The normalized spacial score (nSPS) is 26.2. The summed E-state index contributed by atoms with van der Waals surface area (Å²) in [6.07, 6.45) is 3.28. The van der Waals surface area contributed by atoms with E-state index in [2.05, 4.69) is 17.4 Å². The predicted octanol–water partition coefficient (Wildman–Crippen LogP) is 3.36. The summed E-state index contributed by atoms with van der Waals surface area (Å²) in [7, 11) is 0. The Bertz CT molecular complexity index is 535. The van der Waals surface area contributed by atoms with E-state index in [-0.39, 0.29) is 24.3 Å². The number of carbonyl (C=O) groups excluding carboxylic acids is 1. The lowest BCUT2D eigenvalue weighted by atomic mass is 9.89. The number of hydrogen-bond donors (Lipinski definition) is 1. The summed E-state index contributed by atoms with van der Waals surface area (Å²) in [5.74, 6) is 0.599. The van der Waals surface area contributed by atoms with Crippen LogP contribution < -0.4 is 5.32 Å². The third-order valence-corrected chi connectivity index (χ3v) is 5.12. The van der Waals surface area contributed by atoms with Crippen LogP contribution in [0.3, 0.4) is 0 Å². The average molecular weight is 346 g/mol. The minimum Gasteiger partial charge on any atom is -0.381 e. The summed E-state index contributed by atoms with van der Waals surface area (Å²) in [5, 5.41) is 3.28. The lowest BCUT2D eigenvalue weighted by Gasteiger charge is -2.36. The fourth-order valence-electron chi connectivity index (χ4n) is 3.86. The zero-order valence-electron chi connectivity index (χ0n) is 15.3. The molecule has 0 aliphatic carbocycles. The summed E-state index contributed by atoms with van der Waals surface area (Å²) < 4.78 is 11.2. The van der Waals surface area contributed by atoms with E-state index in [0.29, 0.717) is 19.0 Å². The van der Waals surface area contributed by atoms with Crippen molar-refractivity contribution in [3.05, 3.63) is 35.9 Å². The Hall–Kier alpha value is -1.59. The summed E-state index contributed by atoms with van der Waals surface area (Å²) >= 11 is 0. The molecule has 0 bridgehead atoms. The van der Waals surface area contributed by atoms with Crippen LogP contribution in [0.5, 0.6) is 0 Å². The zero-order valence-corrected chi connectivity index (χ0v) is 15.3. The number of urea groups is 1. The van der Waals surface area contributed by atoms with Gasteiger partial charge in [-0.25, -0.2) is 4.79 Å². The molecule has 3 atom stereocenters. The van der Waals surface area contributed by atoms with Crippen LogP contribution in [0.15, 0.2) is 30.3 Å². The number of nitrogens with one attached hydrogen (secondary N) is 1. The first kappa shape index (κ1) is 18.2. The van der Waals surface area contributed by atoms with Gasteiger partial charge in [0.25, 0.3) is 0 Å². The molecule has 1 N–H and O–H groups in total. The van der Waals surface area contributed by atoms with Crippen molar-refractivity contribution in [3.8, 4) is 0 Å². The molecule has 2 heterocycles. The van der Waals surface area contributed by atoms with Crippen LogP contribution in [-0.4, -0.2) is 49.4 Å². The second kappa shape index (κ2) is 8.68. The number of nitrogens with zero attached hydrogens (tertiary/aromatic N) is 1. The van der Waals surface area contributed by atoms with E-state index in [0.717, 1.165) is 32.5 Å². The largest absolute Gasteiger partial charge is 0.381 e. The topological polar surface area (TPSA) is 50.8 Å². The Labute approximate surface area is 150 Å². The Balaban J connectivity index is 1.67. The van der Waals surface area contributed by atoms with E-state index in [1.165, 1.54) is 5.56 Å². The summed E-state index contributed by atoms with van der Waals surface area (Å²) in [6.45, 7) is 7.00. The van der Waals surface area contributed by atoms with Gasteiger partial charge in [0.15, 0.2) is 0 Å². The van der Waals surface area contributed by atoms with Gasteiger partial charge >= 0.3 is 6.03 Å². The first-order chi connectivity index (χ1) is 12.1. The van der Waals surface area contributed by atoms with Crippen molar-refractivity contribution in [2.24, 2.45) is 5.92 Å². The summed E-state index contributed by atoms with van der Waals surface area (Å²) in [5.41, 5.74) is 1.18. The van der Waals surface area contributed by atoms with E-state index in [1.54, 1.807) is 0 Å². The number of ether oxygens (including phenoxy) is 2. The first-order valence-electron chi connectivity index (χ1n) is 9.45. The average Bonchev–Trinajstić information content (AvgIpc) is 2.62. The van der Waals surface area contributed by atoms with Crippen LogP contribution in [0, 0.1) is 5.92 Å². The molecule has 2 fully saturated rings. The van der Waals surface area contributed by atoms with Crippen molar-refractivity contribution >= 4 is 6.03 Å². The second-order valence-corrected chi connectivity index (χ2v) is 7.37. The third kappa shape index (κ3) is 5.19. The Morgan fingerprint density at radius 3 is 2.44 bits per heavy atom. The Kier molecular flexibility index (Phi) is 6.32. The molecule has 2 saturated heterocycles. The fraction of sp³-hybridized carbons (Fsp3) is 0.650. The van der Waals surface area contributed by atoms with Crippen LogP contribution >= 0.6 is 0 Å². The number of carbonyl (C=O) groups is 1. The number of morpholine rings is 1. The molecule has 0 radical (unpaired) electrons. The fourth-order valence-corrected chi connectivity index (χ4v) is 3.86. The number of rotatable bonds is 4. The molecule has 1 unspecified atom stereocenters. The van der Waals surface area contributed by atoms with Crippen LogP contribution in [0.25, 0.3) is 0 Å². The molecular weight excluding hydrogens is 316 g/mol. The third-order valence-electron chi connectivity index (χ3n) is 5.12. The van der Waals surface area contributed by atoms with Crippen molar-refractivity contribution in [1.82, 2.24) is 10.2 Å². The standard InChI is InChI=1S/C20H30N2O3/c1-15-13-22(14-16(2)25-15)20(23)21-19(18-6-4-3-5-7-18)12-17-8-10-24-11-9-17/h3-7,15-17,19H,8-14H2,1-2H3,(H,21,23)/t15-,16+,19?. The van der Waals surface area contributed by atoms with E-state index in [1.807, 2.05) is 36.9 Å². The van der Waals surface area contributed by atoms with E-state index < -0.39 is 0 Å². The van der Waals surface area contributed by atoms with Gasteiger partial charge in [0, 0.05) is 26.3 Å². The molecule has 5 heteroatoms. The van der Waals surface area contributed by atoms with E-state index in [9.17, 15) is 4.79 Å². The van der Waals surface area contributed by atoms with Crippen molar-refractivity contribution in [2.45, 2.75) is 51.4 Å². The van der Waals surface area contributed by atoms with Crippen LogP contribution in [0.1, 0.15) is 44.7 Å². The minimum absolute atomic E-state index is 0.0166. The molecule has 0 saturated carbocycles. The van der Waals surface area contributed by atoms with Gasteiger partial charge in [-0.15, -0.1) is 0 Å². The van der Waals surface area contributed by atoms with Gasteiger partial charge in [0.2, 0.25) is 0 Å². The molecule has 0 spiro atoms. The molecule has 1 aromatic rings. The van der Waals surface area contributed by atoms with Crippen LogP contribution in [0.4, 0.5) is 4.79 Å². The second-order valence-electron chi connectivity index (χ2n) is 7.37. The molecule has 1 aromatic carbocycles. The molecule has 2 aliphatic heterocycles. The van der Waals surface area contributed by atoms with Crippen molar-refractivity contribution in [3.63, 3.8) is 0 Å². The van der Waals surface area contributed by atoms with Crippen molar-refractivity contribution < 1.29 is 14.3 Å². The Morgan fingerprint density at radius 2 is 1.80 bits per heavy atom. The molecule has 138 valence electrons. The zero-order chi connectivity index (χ0) is 17.6. The van der Waals surface area contributed by atoms with Crippen molar-refractivity contribution in [2.75, 3.05) is 26.3 Å². The molecule has 2 aliphatic rings. The lowest BCUT2D eigenvalue weighted by molar-refractivity contribution is -0.0548. The lowest BCUT2D eigenvalue weighted by Crippen LogP contribution is -2.52. The predicted molar refractivity (Wildman–Crippen MR) is 97.5 cm³/mol. The molecule has 3 rings (SSSR count).